The first kappa shape index (κ1) is 26.0. The van der Waals surface area contributed by atoms with Gasteiger partial charge >= 0.3 is 6.09 Å². The molecule has 2 saturated carbocycles. The molecule has 0 bridgehead atoms. The predicted molar refractivity (Wildman–Crippen MR) is 141 cm³/mol. The van der Waals surface area contributed by atoms with Crippen LogP contribution >= 0.6 is 11.6 Å². The van der Waals surface area contributed by atoms with E-state index in [9.17, 15) is 4.79 Å². The van der Waals surface area contributed by atoms with Crippen LogP contribution in [0.3, 0.4) is 0 Å². The molecule has 0 spiro atoms. The van der Waals surface area contributed by atoms with Gasteiger partial charge in [0.15, 0.2) is 0 Å². The van der Waals surface area contributed by atoms with Gasteiger partial charge in [0.05, 0.1) is 11.6 Å². The zero-order valence-electron chi connectivity index (χ0n) is 20.8. The molecule has 5 nitrogen and oxygen atoms in total. The first-order chi connectivity index (χ1) is 16.3. The highest BCUT2D eigenvalue weighted by molar-refractivity contribution is 6.49. The number of ether oxygens (including phenoxy) is 2. The molecule has 3 rings (SSSR count). The molecule has 1 aromatic carbocycles. The molecule has 2 fully saturated rings. The van der Waals surface area contributed by atoms with Crippen molar-refractivity contribution < 1.29 is 14.3 Å². The van der Waals surface area contributed by atoms with Gasteiger partial charge in [-0.25, -0.2) is 4.79 Å². The number of benzene rings is 1. The highest BCUT2D eigenvalue weighted by Gasteiger charge is 2.30. The van der Waals surface area contributed by atoms with Gasteiger partial charge in [0, 0.05) is 36.1 Å². The number of hydrogen-bond acceptors (Lipinski definition) is 4. The van der Waals surface area contributed by atoms with Crippen LogP contribution in [0.2, 0.25) is 0 Å². The Hall–Kier alpha value is -2.66. The molecule has 1 aromatic rings. The van der Waals surface area contributed by atoms with Crippen molar-refractivity contribution in [1.29, 1.82) is 0 Å². The molecule has 1 atom stereocenters. The lowest BCUT2D eigenvalue weighted by atomic mass is 9.91. The maximum Gasteiger partial charge on any atom is 0.411 e. The Morgan fingerprint density at radius 3 is 2.62 bits per heavy atom. The maximum absolute atomic E-state index is 12.0. The number of carbonyl (C=O) groups is 1. The summed E-state index contributed by atoms with van der Waals surface area (Å²) < 4.78 is 11.1. The summed E-state index contributed by atoms with van der Waals surface area (Å²) in [6, 6.07) is 6.57. The van der Waals surface area contributed by atoms with Crippen molar-refractivity contribution in [3.63, 3.8) is 0 Å². The first-order valence-corrected chi connectivity index (χ1v) is 12.6. The Balaban J connectivity index is 1.70. The topological polar surface area (TPSA) is 50.8 Å². The number of alkyl carbamates (subject to hydrolysis) is 1. The molecule has 2 aliphatic carbocycles. The average molecular weight is 485 g/mol. The fourth-order valence-electron chi connectivity index (χ4n) is 3.91. The van der Waals surface area contributed by atoms with Crippen molar-refractivity contribution >= 4 is 28.4 Å². The van der Waals surface area contributed by atoms with Crippen LogP contribution < -0.4 is 15.0 Å². The van der Waals surface area contributed by atoms with E-state index in [1.165, 1.54) is 19.3 Å². The number of hydrogen-bond donors (Lipinski definition) is 1. The van der Waals surface area contributed by atoms with E-state index in [-0.39, 0.29) is 6.10 Å². The van der Waals surface area contributed by atoms with Crippen molar-refractivity contribution in [1.82, 2.24) is 5.32 Å². The van der Waals surface area contributed by atoms with Crippen molar-refractivity contribution in [3.05, 3.63) is 65.9 Å². The molecule has 0 saturated heterocycles. The number of carbonyl (C=O) groups excluding carboxylic acids is 1. The largest absolute Gasteiger partial charge is 0.494 e. The summed E-state index contributed by atoms with van der Waals surface area (Å²) in [5, 5.41) is 3.32. The summed E-state index contributed by atoms with van der Waals surface area (Å²) in [6.45, 7) is 10.4. The quantitative estimate of drug-likeness (QED) is 0.337. The molecule has 0 aromatic heterocycles. The average Bonchev–Trinajstić information content (AvgIpc) is 3.61. The van der Waals surface area contributed by atoms with Crippen LogP contribution in [0.25, 0.3) is 5.03 Å². The fraction of sp³-hybridized carbons (Fsp3) is 0.464. The van der Waals surface area contributed by atoms with E-state index in [1.54, 1.807) is 6.08 Å². The lowest BCUT2D eigenvalue weighted by molar-refractivity contribution is 0.0980. The molecule has 184 valence electrons. The number of anilines is 1. The van der Waals surface area contributed by atoms with E-state index < -0.39 is 6.09 Å². The Morgan fingerprint density at radius 1 is 1.29 bits per heavy atom. The van der Waals surface area contributed by atoms with Gasteiger partial charge in [-0.15, -0.1) is 0 Å². The molecule has 0 radical (unpaired) electrons. The first-order valence-electron chi connectivity index (χ1n) is 12.2. The third-order valence-electron chi connectivity index (χ3n) is 6.49. The second kappa shape index (κ2) is 12.2. The molecule has 1 unspecified atom stereocenters. The van der Waals surface area contributed by atoms with Crippen LogP contribution in [0.5, 0.6) is 5.75 Å². The Labute approximate surface area is 209 Å². The zero-order valence-corrected chi connectivity index (χ0v) is 21.5. The SMILES string of the molecule is C=C(\C=C/C(/C=C(\Cl)c1ccc(OCC)cc1N(C)C1CCC1)=C\C)NC(=O)OC(C)C1CC1. The van der Waals surface area contributed by atoms with Gasteiger partial charge in [-0.1, -0.05) is 30.3 Å². The van der Waals surface area contributed by atoms with Gasteiger partial charge in [0.25, 0.3) is 0 Å². The summed E-state index contributed by atoms with van der Waals surface area (Å²) >= 11 is 6.82. The van der Waals surface area contributed by atoms with Crippen LogP contribution in [0.15, 0.2) is 60.4 Å². The monoisotopic (exact) mass is 484 g/mol. The summed E-state index contributed by atoms with van der Waals surface area (Å²) in [7, 11) is 2.12. The van der Waals surface area contributed by atoms with Crippen molar-refractivity contribution in [2.45, 2.75) is 65.0 Å². The molecule has 0 heterocycles. The lowest BCUT2D eigenvalue weighted by Crippen LogP contribution is -2.37. The van der Waals surface area contributed by atoms with Crippen LogP contribution in [0.4, 0.5) is 10.5 Å². The summed E-state index contributed by atoms with van der Waals surface area (Å²) in [5.74, 6) is 1.33. The van der Waals surface area contributed by atoms with Gasteiger partial charge in [0.2, 0.25) is 0 Å². The molecular weight excluding hydrogens is 448 g/mol. The summed E-state index contributed by atoms with van der Waals surface area (Å²) in [6.07, 6.45) is 12.9. The van der Waals surface area contributed by atoms with Crippen LogP contribution in [-0.4, -0.2) is 31.9 Å². The highest BCUT2D eigenvalue weighted by Crippen LogP contribution is 2.37. The Kier molecular flexibility index (Phi) is 9.28. The van der Waals surface area contributed by atoms with E-state index in [0.717, 1.165) is 35.4 Å². The van der Waals surface area contributed by atoms with E-state index in [4.69, 9.17) is 21.1 Å². The molecular formula is C28H37ClN2O3. The molecule has 1 amide bonds. The smallest absolute Gasteiger partial charge is 0.411 e. The number of amides is 1. The summed E-state index contributed by atoms with van der Waals surface area (Å²) in [4.78, 5) is 14.4. The second-order valence-corrected chi connectivity index (χ2v) is 9.43. The number of allylic oxidation sites excluding steroid dienone is 5. The van der Waals surface area contributed by atoms with Gasteiger partial charge in [-0.3, -0.25) is 5.32 Å². The second-order valence-electron chi connectivity index (χ2n) is 9.02. The third kappa shape index (κ3) is 7.17. The molecule has 34 heavy (non-hydrogen) atoms. The minimum absolute atomic E-state index is 0.0639. The molecule has 1 N–H and O–H groups in total. The van der Waals surface area contributed by atoms with Crippen LogP contribution in [-0.2, 0) is 4.74 Å². The van der Waals surface area contributed by atoms with Crippen molar-refractivity contribution in [3.8, 4) is 5.75 Å². The van der Waals surface area contributed by atoms with E-state index in [2.05, 4.69) is 29.9 Å². The Morgan fingerprint density at radius 2 is 2.03 bits per heavy atom. The number of nitrogens with zero attached hydrogens (tertiary/aromatic N) is 1. The number of nitrogens with one attached hydrogen (secondary N) is 1. The lowest BCUT2D eigenvalue weighted by Gasteiger charge is -2.37. The summed E-state index contributed by atoms with van der Waals surface area (Å²) in [5.41, 5.74) is 3.39. The molecule has 2 aliphatic rings. The van der Waals surface area contributed by atoms with Crippen molar-refractivity contribution in [2.24, 2.45) is 5.92 Å². The van der Waals surface area contributed by atoms with Crippen LogP contribution in [0.1, 0.15) is 58.4 Å². The number of rotatable bonds is 11. The zero-order chi connectivity index (χ0) is 24.7. The predicted octanol–water partition coefficient (Wildman–Crippen LogP) is 7.19. The minimum atomic E-state index is -0.470. The fourth-order valence-corrected chi connectivity index (χ4v) is 4.20. The van der Waals surface area contributed by atoms with Gasteiger partial charge in [-0.05, 0) is 88.7 Å². The standard InChI is InChI=1S/C28H37ClN2O3/c1-6-21(12-11-19(3)30-28(32)34-20(4)22-13-14-22)17-26(29)25-16-15-24(33-7-2)18-27(25)31(5)23-9-8-10-23/h6,11-12,15-18,20,22-23H,3,7-10,13-14H2,1-2,4-5H3,(H,30,32)/b12-11-,21-6+,26-17-. The van der Waals surface area contributed by atoms with E-state index in [0.29, 0.717) is 29.3 Å². The third-order valence-corrected chi connectivity index (χ3v) is 6.80. The van der Waals surface area contributed by atoms with Gasteiger partial charge in [0.1, 0.15) is 11.9 Å². The van der Waals surface area contributed by atoms with E-state index >= 15 is 0 Å². The Bertz CT molecular complexity index is 974. The maximum atomic E-state index is 12.0. The van der Waals surface area contributed by atoms with Gasteiger partial charge in [-0.2, -0.15) is 0 Å². The van der Waals surface area contributed by atoms with Gasteiger partial charge < -0.3 is 14.4 Å². The van der Waals surface area contributed by atoms with Crippen molar-refractivity contribution in [2.75, 3.05) is 18.6 Å². The number of halogens is 1. The minimum Gasteiger partial charge on any atom is -0.494 e. The van der Waals surface area contributed by atoms with E-state index in [1.807, 2.05) is 51.1 Å². The van der Waals surface area contributed by atoms with Crippen LogP contribution in [0, 0.1) is 5.92 Å². The molecule has 0 aliphatic heterocycles. The molecule has 6 heteroatoms. The highest BCUT2D eigenvalue weighted by atomic mass is 35.5. The normalized spacial score (nSPS) is 17.8.